The van der Waals surface area contributed by atoms with Gasteiger partial charge in [-0.1, -0.05) is 26.0 Å². The molecule has 1 aromatic carbocycles. The molecule has 0 aliphatic rings. The van der Waals surface area contributed by atoms with Gasteiger partial charge in [0.05, 0.1) is 6.61 Å². The molecule has 0 aliphatic heterocycles. The molecule has 0 saturated heterocycles. The first-order valence-corrected chi connectivity index (χ1v) is 6.43. The maximum absolute atomic E-state index is 11.9. The van der Waals surface area contributed by atoms with Crippen molar-refractivity contribution in [3.05, 3.63) is 29.8 Å². The van der Waals surface area contributed by atoms with Crippen LogP contribution in [0.3, 0.4) is 0 Å². The molecule has 110 valence electrons. The fraction of sp³-hybridized carbons (Fsp3) is 0.429. The van der Waals surface area contributed by atoms with Crippen molar-refractivity contribution >= 4 is 17.7 Å². The van der Waals surface area contributed by atoms with Crippen molar-refractivity contribution in [1.82, 2.24) is 4.90 Å². The molecule has 6 heteroatoms. The number of amides is 2. The zero-order chi connectivity index (χ0) is 15.1. The van der Waals surface area contributed by atoms with Crippen molar-refractivity contribution in [2.75, 3.05) is 18.9 Å². The summed E-state index contributed by atoms with van der Waals surface area (Å²) >= 11 is 0. The maximum atomic E-state index is 11.9. The van der Waals surface area contributed by atoms with Crippen LogP contribution in [0.1, 0.15) is 19.4 Å². The lowest BCUT2D eigenvalue weighted by molar-refractivity contribution is -0.119. The van der Waals surface area contributed by atoms with Gasteiger partial charge in [0, 0.05) is 12.2 Å². The molecule has 20 heavy (non-hydrogen) atoms. The standard InChI is InChI=1S/C14H21N3O3/c1-10(2)9-20-14(19)17(8-13(16)18)7-11-4-3-5-12(15)6-11/h3-6,10H,7-9,15H2,1-2H3,(H2,16,18). The molecule has 1 rings (SSSR count). The minimum absolute atomic E-state index is 0.189. The summed E-state index contributed by atoms with van der Waals surface area (Å²) in [4.78, 5) is 24.3. The summed E-state index contributed by atoms with van der Waals surface area (Å²) in [5, 5.41) is 0. The first-order valence-electron chi connectivity index (χ1n) is 6.43. The van der Waals surface area contributed by atoms with E-state index in [1.807, 2.05) is 19.9 Å². The summed E-state index contributed by atoms with van der Waals surface area (Å²) in [6, 6.07) is 7.09. The fourth-order valence-corrected chi connectivity index (χ4v) is 1.61. The summed E-state index contributed by atoms with van der Waals surface area (Å²) in [5.41, 5.74) is 12.2. The minimum Gasteiger partial charge on any atom is -0.449 e. The van der Waals surface area contributed by atoms with E-state index in [1.165, 1.54) is 4.90 Å². The Bertz CT molecular complexity index is 474. The van der Waals surface area contributed by atoms with Gasteiger partial charge in [-0.25, -0.2) is 4.79 Å². The van der Waals surface area contributed by atoms with E-state index in [2.05, 4.69) is 0 Å². The molecule has 0 unspecified atom stereocenters. The lowest BCUT2D eigenvalue weighted by atomic mass is 10.2. The Morgan fingerprint density at radius 2 is 2.05 bits per heavy atom. The number of hydrogen-bond acceptors (Lipinski definition) is 4. The second-order valence-electron chi connectivity index (χ2n) is 5.04. The summed E-state index contributed by atoms with van der Waals surface area (Å²) < 4.78 is 5.12. The van der Waals surface area contributed by atoms with Gasteiger partial charge in [-0.15, -0.1) is 0 Å². The smallest absolute Gasteiger partial charge is 0.410 e. The zero-order valence-corrected chi connectivity index (χ0v) is 11.8. The maximum Gasteiger partial charge on any atom is 0.410 e. The average molecular weight is 279 g/mol. The molecule has 0 heterocycles. The largest absolute Gasteiger partial charge is 0.449 e. The van der Waals surface area contributed by atoms with Crippen molar-refractivity contribution in [1.29, 1.82) is 0 Å². The zero-order valence-electron chi connectivity index (χ0n) is 11.8. The van der Waals surface area contributed by atoms with Crippen molar-refractivity contribution in [3.8, 4) is 0 Å². The summed E-state index contributed by atoms with van der Waals surface area (Å²) in [6.45, 7) is 4.20. The lowest BCUT2D eigenvalue weighted by Gasteiger charge is -2.21. The number of anilines is 1. The number of rotatable bonds is 6. The average Bonchev–Trinajstić information content (AvgIpc) is 2.34. The quantitative estimate of drug-likeness (QED) is 0.768. The second-order valence-corrected chi connectivity index (χ2v) is 5.04. The molecule has 1 aromatic rings. The van der Waals surface area contributed by atoms with Crippen LogP contribution in [0.15, 0.2) is 24.3 Å². The number of ether oxygens (including phenoxy) is 1. The van der Waals surface area contributed by atoms with Crippen LogP contribution in [-0.4, -0.2) is 30.1 Å². The minimum atomic E-state index is -0.588. The van der Waals surface area contributed by atoms with Crippen molar-refractivity contribution in [3.63, 3.8) is 0 Å². The summed E-state index contributed by atoms with van der Waals surface area (Å²) in [7, 11) is 0. The van der Waals surface area contributed by atoms with Crippen LogP contribution >= 0.6 is 0 Å². The molecule has 0 aliphatic carbocycles. The van der Waals surface area contributed by atoms with E-state index in [9.17, 15) is 9.59 Å². The Morgan fingerprint density at radius 1 is 1.35 bits per heavy atom. The van der Waals surface area contributed by atoms with Gasteiger partial charge < -0.3 is 16.2 Å². The number of nitrogen functional groups attached to an aromatic ring is 1. The Labute approximate surface area is 118 Å². The van der Waals surface area contributed by atoms with Crippen molar-refractivity contribution in [2.45, 2.75) is 20.4 Å². The topological polar surface area (TPSA) is 98.6 Å². The van der Waals surface area contributed by atoms with Crippen molar-refractivity contribution < 1.29 is 14.3 Å². The van der Waals surface area contributed by atoms with E-state index in [-0.39, 0.29) is 19.0 Å². The third-order valence-electron chi connectivity index (χ3n) is 2.47. The molecule has 6 nitrogen and oxygen atoms in total. The third-order valence-corrected chi connectivity index (χ3v) is 2.47. The predicted octanol–water partition coefficient (Wildman–Crippen LogP) is 1.35. The van der Waals surface area contributed by atoms with Crippen LogP contribution in [0.25, 0.3) is 0 Å². The van der Waals surface area contributed by atoms with Gasteiger partial charge >= 0.3 is 6.09 Å². The Balaban J connectivity index is 2.73. The van der Waals surface area contributed by atoms with Gasteiger partial charge in [-0.3, -0.25) is 9.69 Å². The highest BCUT2D eigenvalue weighted by Crippen LogP contribution is 2.10. The molecule has 0 saturated carbocycles. The van der Waals surface area contributed by atoms with Gasteiger partial charge in [0.15, 0.2) is 0 Å². The van der Waals surface area contributed by atoms with Crippen LogP contribution in [0, 0.1) is 5.92 Å². The first kappa shape index (κ1) is 15.8. The number of hydrogen-bond donors (Lipinski definition) is 2. The highest BCUT2D eigenvalue weighted by atomic mass is 16.6. The molecule has 0 aromatic heterocycles. The van der Waals surface area contributed by atoms with Crippen molar-refractivity contribution in [2.24, 2.45) is 11.7 Å². The Morgan fingerprint density at radius 3 is 2.60 bits per heavy atom. The molecule has 4 N–H and O–H groups in total. The second kappa shape index (κ2) is 7.37. The highest BCUT2D eigenvalue weighted by Gasteiger charge is 2.18. The van der Waals surface area contributed by atoms with E-state index in [0.717, 1.165) is 5.56 Å². The van der Waals surface area contributed by atoms with Gasteiger partial charge in [0.1, 0.15) is 6.54 Å². The van der Waals surface area contributed by atoms with Crippen LogP contribution in [0.4, 0.5) is 10.5 Å². The fourth-order valence-electron chi connectivity index (χ4n) is 1.61. The summed E-state index contributed by atoms with van der Waals surface area (Å²) in [5.74, 6) is -0.364. The van der Waals surface area contributed by atoms with E-state index in [1.54, 1.807) is 18.2 Å². The number of nitrogens with two attached hydrogens (primary N) is 2. The highest BCUT2D eigenvalue weighted by molar-refractivity contribution is 5.80. The Kier molecular flexibility index (Phi) is 5.83. The van der Waals surface area contributed by atoms with Crippen LogP contribution in [0.2, 0.25) is 0 Å². The number of benzene rings is 1. The SMILES string of the molecule is CC(C)COC(=O)N(CC(N)=O)Cc1cccc(N)c1. The Hall–Kier alpha value is -2.24. The van der Waals surface area contributed by atoms with Gasteiger partial charge in [-0.2, -0.15) is 0 Å². The molecular formula is C14H21N3O3. The first-order chi connectivity index (χ1) is 9.38. The van der Waals surface area contributed by atoms with Crippen LogP contribution in [0.5, 0.6) is 0 Å². The molecule has 2 amide bonds. The molecule has 0 radical (unpaired) electrons. The molecule has 0 bridgehead atoms. The van der Waals surface area contributed by atoms with Crippen LogP contribution < -0.4 is 11.5 Å². The van der Waals surface area contributed by atoms with E-state index >= 15 is 0 Å². The lowest BCUT2D eigenvalue weighted by Crippen LogP contribution is -2.38. The summed E-state index contributed by atoms with van der Waals surface area (Å²) in [6.07, 6.45) is -0.556. The van der Waals surface area contributed by atoms with Gasteiger partial charge in [0.25, 0.3) is 0 Å². The third kappa shape index (κ3) is 5.60. The van der Waals surface area contributed by atoms with Gasteiger partial charge in [0.2, 0.25) is 5.91 Å². The number of carbonyl (C=O) groups is 2. The van der Waals surface area contributed by atoms with E-state index < -0.39 is 12.0 Å². The molecule has 0 spiro atoms. The van der Waals surface area contributed by atoms with E-state index in [0.29, 0.717) is 12.3 Å². The molecule has 0 fully saturated rings. The normalized spacial score (nSPS) is 10.3. The van der Waals surface area contributed by atoms with Crippen LogP contribution in [-0.2, 0) is 16.1 Å². The van der Waals surface area contributed by atoms with Gasteiger partial charge in [-0.05, 0) is 23.6 Å². The monoisotopic (exact) mass is 279 g/mol. The predicted molar refractivity (Wildman–Crippen MR) is 76.6 cm³/mol. The number of carbonyl (C=O) groups excluding carboxylic acids is 2. The molecule has 0 atom stereocenters. The number of nitrogens with zero attached hydrogens (tertiary/aromatic N) is 1. The molecular weight excluding hydrogens is 258 g/mol. The number of primary amides is 1. The van der Waals surface area contributed by atoms with E-state index in [4.69, 9.17) is 16.2 Å².